The summed E-state index contributed by atoms with van der Waals surface area (Å²) in [5.74, 6) is 2.89. The fourth-order valence-electron chi connectivity index (χ4n) is 7.37. The maximum Gasteiger partial charge on any atom is 0.155 e. The number of hydrogen-bond donors (Lipinski definition) is 0. The first-order valence-electron chi connectivity index (χ1n) is 9.82. The van der Waals surface area contributed by atoms with E-state index in [4.69, 9.17) is 4.74 Å². The molecule has 2 heteroatoms. The topological polar surface area (TPSA) is 26.3 Å². The summed E-state index contributed by atoms with van der Waals surface area (Å²) >= 11 is 0. The SMILES string of the molecule is CC[C@]12CCC(=O)C=C1CC[C@@H]1[C@@H]2CC[C@]2(C)[C@@H](OC)CC[C@@H]12. The second kappa shape index (κ2) is 5.44. The highest BCUT2D eigenvalue weighted by molar-refractivity contribution is 5.91. The molecule has 6 atom stereocenters. The van der Waals surface area contributed by atoms with Gasteiger partial charge in [-0.3, -0.25) is 4.79 Å². The van der Waals surface area contributed by atoms with Crippen LogP contribution < -0.4 is 0 Å². The van der Waals surface area contributed by atoms with E-state index in [1.165, 1.54) is 50.5 Å². The average molecular weight is 316 g/mol. The first kappa shape index (κ1) is 15.9. The molecule has 0 bridgehead atoms. The molecule has 3 saturated carbocycles. The number of carbonyl (C=O) groups excluding carboxylic acids is 1. The van der Waals surface area contributed by atoms with E-state index in [0.29, 0.717) is 22.7 Å². The first-order chi connectivity index (χ1) is 11.0. The van der Waals surface area contributed by atoms with E-state index >= 15 is 0 Å². The molecule has 128 valence electrons. The van der Waals surface area contributed by atoms with Gasteiger partial charge in [0.2, 0.25) is 0 Å². The Morgan fingerprint density at radius 3 is 2.70 bits per heavy atom. The molecule has 4 aliphatic rings. The van der Waals surface area contributed by atoms with Crippen molar-refractivity contribution in [2.24, 2.45) is 28.6 Å². The second-order valence-corrected chi connectivity index (χ2v) is 8.91. The minimum absolute atomic E-state index is 0.351. The molecule has 0 saturated heterocycles. The van der Waals surface area contributed by atoms with Crippen LogP contribution in [-0.2, 0) is 9.53 Å². The molecule has 23 heavy (non-hydrogen) atoms. The predicted octanol–water partition coefficient (Wildman–Crippen LogP) is 4.92. The number of methoxy groups -OCH3 is 1. The summed E-state index contributed by atoms with van der Waals surface area (Å²) in [6.45, 7) is 4.87. The van der Waals surface area contributed by atoms with Gasteiger partial charge in [0.1, 0.15) is 0 Å². The predicted molar refractivity (Wildman–Crippen MR) is 92.1 cm³/mol. The molecule has 0 spiro atoms. The zero-order valence-electron chi connectivity index (χ0n) is 15.1. The van der Waals surface area contributed by atoms with Gasteiger partial charge in [0, 0.05) is 13.5 Å². The molecule has 0 N–H and O–H groups in total. The Labute approximate surface area is 141 Å². The minimum atomic E-state index is 0.351. The van der Waals surface area contributed by atoms with Crippen molar-refractivity contribution in [3.63, 3.8) is 0 Å². The lowest BCUT2D eigenvalue weighted by Crippen LogP contribution is -2.52. The Hall–Kier alpha value is -0.630. The third kappa shape index (κ3) is 2.06. The Morgan fingerprint density at radius 1 is 1.13 bits per heavy atom. The molecule has 0 unspecified atom stereocenters. The highest BCUT2D eigenvalue weighted by Gasteiger charge is 2.59. The number of hydrogen-bond acceptors (Lipinski definition) is 2. The van der Waals surface area contributed by atoms with Gasteiger partial charge in [0.25, 0.3) is 0 Å². The minimum Gasteiger partial charge on any atom is -0.381 e. The van der Waals surface area contributed by atoms with Crippen molar-refractivity contribution in [3.8, 4) is 0 Å². The summed E-state index contributed by atoms with van der Waals surface area (Å²) in [5, 5.41) is 0. The Morgan fingerprint density at radius 2 is 1.96 bits per heavy atom. The molecular formula is C21H32O2. The molecule has 0 aliphatic heterocycles. The van der Waals surface area contributed by atoms with Crippen molar-refractivity contribution in [2.45, 2.75) is 77.7 Å². The third-order valence-corrected chi connectivity index (χ3v) is 8.51. The van der Waals surface area contributed by atoms with Crippen LogP contribution in [0.25, 0.3) is 0 Å². The Bertz CT molecular complexity index is 536. The summed E-state index contributed by atoms with van der Waals surface area (Å²) < 4.78 is 5.88. The van der Waals surface area contributed by atoms with Gasteiger partial charge in [-0.2, -0.15) is 0 Å². The standard InChI is InChI=1S/C21H32O2/c1-4-21-12-9-15(22)13-14(21)5-6-16-17-7-8-19(23-3)20(17,2)11-10-18(16)21/h13,16-19H,4-12H2,1-3H3/t16-,17-,18-,19-,20-,21-/m0/s1. The maximum absolute atomic E-state index is 12.0. The molecular weight excluding hydrogens is 284 g/mol. The maximum atomic E-state index is 12.0. The summed E-state index contributed by atoms with van der Waals surface area (Å²) in [7, 11) is 1.91. The number of carbonyl (C=O) groups is 1. The Kier molecular flexibility index (Phi) is 3.75. The molecule has 0 aromatic heterocycles. The number of rotatable bonds is 2. The van der Waals surface area contributed by atoms with Crippen LogP contribution in [0, 0.1) is 28.6 Å². The molecule has 3 fully saturated rings. The lowest BCUT2D eigenvalue weighted by atomic mass is 9.46. The monoisotopic (exact) mass is 316 g/mol. The zero-order valence-corrected chi connectivity index (χ0v) is 15.1. The smallest absolute Gasteiger partial charge is 0.155 e. The van der Waals surface area contributed by atoms with Crippen molar-refractivity contribution in [3.05, 3.63) is 11.6 Å². The highest BCUT2D eigenvalue weighted by atomic mass is 16.5. The van der Waals surface area contributed by atoms with Gasteiger partial charge in [-0.15, -0.1) is 0 Å². The van der Waals surface area contributed by atoms with E-state index < -0.39 is 0 Å². The number of ketones is 1. The first-order valence-corrected chi connectivity index (χ1v) is 9.82. The highest BCUT2D eigenvalue weighted by Crippen LogP contribution is 2.66. The van der Waals surface area contributed by atoms with Crippen LogP contribution in [0.5, 0.6) is 0 Å². The van der Waals surface area contributed by atoms with Gasteiger partial charge in [-0.25, -0.2) is 0 Å². The van der Waals surface area contributed by atoms with Crippen LogP contribution >= 0.6 is 0 Å². The van der Waals surface area contributed by atoms with Crippen LogP contribution in [-0.4, -0.2) is 19.0 Å². The number of fused-ring (bicyclic) bond motifs is 5. The lowest BCUT2D eigenvalue weighted by molar-refractivity contribution is -0.119. The fourth-order valence-corrected chi connectivity index (χ4v) is 7.37. The average Bonchev–Trinajstić information content (AvgIpc) is 2.90. The number of ether oxygens (including phenoxy) is 1. The van der Waals surface area contributed by atoms with Crippen LogP contribution in [0.1, 0.15) is 71.6 Å². The summed E-state index contributed by atoms with van der Waals surface area (Å²) in [4.78, 5) is 12.0. The van der Waals surface area contributed by atoms with Crippen molar-refractivity contribution in [1.29, 1.82) is 0 Å². The van der Waals surface area contributed by atoms with Crippen molar-refractivity contribution in [1.82, 2.24) is 0 Å². The third-order valence-electron chi connectivity index (χ3n) is 8.51. The van der Waals surface area contributed by atoms with E-state index in [9.17, 15) is 4.79 Å². The number of allylic oxidation sites excluding steroid dienone is 1. The van der Waals surface area contributed by atoms with Crippen LogP contribution in [0.4, 0.5) is 0 Å². The molecule has 0 heterocycles. The van der Waals surface area contributed by atoms with Crippen LogP contribution in [0.15, 0.2) is 11.6 Å². The second-order valence-electron chi connectivity index (χ2n) is 8.91. The van der Waals surface area contributed by atoms with Crippen molar-refractivity contribution in [2.75, 3.05) is 7.11 Å². The lowest BCUT2D eigenvalue weighted by Gasteiger charge is -2.59. The fraction of sp³-hybridized carbons (Fsp3) is 0.857. The molecule has 0 aromatic rings. The molecule has 0 aromatic carbocycles. The zero-order chi connectivity index (χ0) is 16.2. The van der Waals surface area contributed by atoms with E-state index in [1.54, 1.807) is 0 Å². The van der Waals surface area contributed by atoms with E-state index in [-0.39, 0.29) is 0 Å². The molecule has 4 rings (SSSR count). The largest absolute Gasteiger partial charge is 0.381 e. The van der Waals surface area contributed by atoms with E-state index in [1.807, 2.05) is 13.2 Å². The summed E-state index contributed by atoms with van der Waals surface area (Å²) in [5.41, 5.74) is 2.27. The van der Waals surface area contributed by atoms with Crippen molar-refractivity contribution >= 4 is 5.78 Å². The van der Waals surface area contributed by atoms with Gasteiger partial charge in [-0.05, 0) is 86.0 Å². The quantitative estimate of drug-likeness (QED) is 0.722. The van der Waals surface area contributed by atoms with Gasteiger partial charge in [0.05, 0.1) is 6.10 Å². The van der Waals surface area contributed by atoms with E-state index in [0.717, 1.165) is 30.6 Å². The van der Waals surface area contributed by atoms with Gasteiger partial charge < -0.3 is 4.74 Å². The van der Waals surface area contributed by atoms with Crippen LogP contribution in [0.2, 0.25) is 0 Å². The molecule has 4 aliphatic carbocycles. The Balaban J connectivity index is 1.69. The summed E-state index contributed by atoms with van der Waals surface area (Å²) in [6, 6.07) is 0. The van der Waals surface area contributed by atoms with Crippen LogP contribution in [0.3, 0.4) is 0 Å². The molecule has 2 nitrogen and oxygen atoms in total. The van der Waals surface area contributed by atoms with Gasteiger partial charge >= 0.3 is 0 Å². The molecule has 0 radical (unpaired) electrons. The van der Waals surface area contributed by atoms with Gasteiger partial charge in [-0.1, -0.05) is 19.4 Å². The summed E-state index contributed by atoms with van der Waals surface area (Å²) in [6.07, 6.45) is 13.4. The van der Waals surface area contributed by atoms with Crippen molar-refractivity contribution < 1.29 is 9.53 Å². The van der Waals surface area contributed by atoms with E-state index in [2.05, 4.69) is 13.8 Å². The normalized spacial score (nSPS) is 49.2. The molecule has 0 amide bonds. The van der Waals surface area contributed by atoms with Gasteiger partial charge in [0.15, 0.2) is 5.78 Å².